The zero-order valence-corrected chi connectivity index (χ0v) is 16.6. The molecular weight excluding hydrogens is 389 g/mol. The number of rotatable bonds is 8. The standard InChI is InChI=1S/C20H21Cl2NO4/c1-3-13(2)23-19(24)12-27-20(25)16-6-4-5-7-18(16)26-11-14-8-9-15(21)10-17(14)22/h4-10,13H,3,11-12H2,1-2H3,(H,23,24)/t13-/m0/s1. The minimum atomic E-state index is -0.632. The van der Waals surface area contributed by atoms with Crippen molar-refractivity contribution in [2.75, 3.05) is 6.61 Å². The van der Waals surface area contributed by atoms with E-state index in [1.807, 2.05) is 13.8 Å². The summed E-state index contributed by atoms with van der Waals surface area (Å²) in [4.78, 5) is 24.1. The van der Waals surface area contributed by atoms with E-state index in [1.54, 1.807) is 42.5 Å². The summed E-state index contributed by atoms with van der Waals surface area (Å²) in [5.41, 5.74) is 0.969. The molecule has 1 N–H and O–H groups in total. The Bertz CT molecular complexity index is 810. The van der Waals surface area contributed by atoms with Crippen molar-refractivity contribution in [2.24, 2.45) is 0 Å². The summed E-state index contributed by atoms with van der Waals surface area (Å²) in [6, 6.07) is 11.8. The van der Waals surface area contributed by atoms with E-state index in [9.17, 15) is 9.59 Å². The van der Waals surface area contributed by atoms with Crippen LogP contribution >= 0.6 is 23.2 Å². The lowest BCUT2D eigenvalue weighted by molar-refractivity contribution is -0.124. The Morgan fingerprint density at radius 3 is 2.59 bits per heavy atom. The first-order valence-electron chi connectivity index (χ1n) is 8.53. The fraction of sp³-hybridized carbons (Fsp3) is 0.300. The van der Waals surface area contributed by atoms with Gasteiger partial charge in [-0.3, -0.25) is 4.79 Å². The number of hydrogen-bond donors (Lipinski definition) is 1. The maximum absolute atomic E-state index is 12.3. The quantitative estimate of drug-likeness (QED) is 0.644. The number of carbonyl (C=O) groups excluding carboxylic acids is 2. The molecule has 7 heteroatoms. The van der Waals surface area contributed by atoms with Gasteiger partial charge in [-0.05, 0) is 37.6 Å². The lowest BCUT2D eigenvalue weighted by Gasteiger charge is -2.13. The highest BCUT2D eigenvalue weighted by Crippen LogP contribution is 2.24. The van der Waals surface area contributed by atoms with Gasteiger partial charge in [-0.2, -0.15) is 0 Å². The molecule has 0 bridgehead atoms. The van der Waals surface area contributed by atoms with Crippen LogP contribution in [0.4, 0.5) is 0 Å². The lowest BCUT2D eigenvalue weighted by Crippen LogP contribution is -2.35. The third kappa shape index (κ3) is 6.45. The molecule has 0 heterocycles. The Morgan fingerprint density at radius 1 is 1.15 bits per heavy atom. The van der Waals surface area contributed by atoms with Gasteiger partial charge >= 0.3 is 5.97 Å². The number of esters is 1. The van der Waals surface area contributed by atoms with Crippen molar-refractivity contribution in [3.63, 3.8) is 0 Å². The van der Waals surface area contributed by atoms with Crippen LogP contribution in [0.2, 0.25) is 10.0 Å². The molecule has 0 spiro atoms. The Kier molecular flexibility index (Phi) is 7.95. The maximum Gasteiger partial charge on any atom is 0.342 e. The van der Waals surface area contributed by atoms with Crippen molar-refractivity contribution < 1.29 is 19.1 Å². The summed E-state index contributed by atoms with van der Waals surface area (Å²) in [5, 5.41) is 3.74. The second-order valence-electron chi connectivity index (χ2n) is 5.97. The second-order valence-corrected chi connectivity index (χ2v) is 6.82. The van der Waals surface area contributed by atoms with Crippen LogP contribution in [-0.2, 0) is 16.1 Å². The topological polar surface area (TPSA) is 64.6 Å². The number of halogens is 2. The van der Waals surface area contributed by atoms with Gasteiger partial charge in [0.15, 0.2) is 6.61 Å². The number of nitrogens with one attached hydrogen (secondary N) is 1. The Labute approximate surface area is 168 Å². The van der Waals surface area contributed by atoms with E-state index in [0.29, 0.717) is 15.8 Å². The summed E-state index contributed by atoms with van der Waals surface area (Å²) in [7, 11) is 0. The molecule has 144 valence electrons. The number of para-hydroxylation sites is 1. The predicted molar refractivity (Wildman–Crippen MR) is 105 cm³/mol. The van der Waals surface area contributed by atoms with Crippen LogP contribution in [-0.4, -0.2) is 24.5 Å². The van der Waals surface area contributed by atoms with Crippen molar-refractivity contribution in [3.05, 3.63) is 63.6 Å². The molecule has 0 aliphatic rings. The first-order valence-corrected chi connectivity index (χ1v) is 9.28. The Hall–Kier alpha value is -2.24. The average molecular weight is 410 g/mol. The molecule has 0 radical (unpaired) electrons. The number of ether oxygens (including phenoxy) is 2. The van der Waals surface area contributed by atoms with E-state index in [2.05, 4.69) is 5.32 Å². The van der Waals surface area contributed by atoms with E-state index >= 15 is 0 Å². The highest BCUT2D eigenvalue weighted by molar-refractivity contribution is 6.35. The first-order chi connectivity index (χ1) is 12.9. The van der Waals surface area contributed by atoms with Gasteiger partial charge in [0.2, 0.25) is 0 Å². The molecule has 0 saturated carbocycles. The third-order valence-electron chi connectivity index (χ3n) is 3.86. The third-order valence-corrected chi connectivity index (χ3v) is 4.45. The van der Waals surface area contributed by atoms with Crippen LogP contribution in [0.1, 0.15) is 36.2 Å². The van der Waals surface area contributed by atoms with Crippen molar-refractivity contribution in [1.29, 1.82) is 0 Å². The minimum Gasteiger partial charge on any atom is -0.488 e. The molecule has 1 amide bonds. The summed E-state index contributed by atoms with van der Waals surface area (Å²) >= 11 is 12.0. The lowest BCUT2D eigenvalue weighted by atomic mass is 10.2. The minimum absolute atomic E-state index is 0.0240. The van der Waals surface area contributed by atoms with Crippen LogP contribution in [0.5, 0.6) is 5.75 Å². The van der Waals surface area contributed by atoms with Crippen molar-refractivity contribution >= 4 is 35.1 Å². The summed E-state index contributed by atoms with van der Waals surface area (Å²) in [6.45, 7) is 3.65. The van der Waals surface area contributed by atoms with Crippen LogP contribution in [0.3, 0.4) is 0 Å². The van der Waals surface area contributed by atoms with Gasteiger partial charge in [0.1, 0.15) is 17.9 Å². The number of benzene rings is 2. The van der Waals surface area contributed by atoms with E-state index in [-0.39, 0.29) is 30.7 Å². The molecule has 0 saturated heterocycles. The van der Waals surface area contributed by atoms with E-state index in [1.165, 1.54) is 0 Å². The molecule has 0 aliphatic carbocycles. The predicted octanol–water partition coefficient (Wildman–Crippen LogP) is 4.64. The van der Waals surface area contributed by atoms with Crippen molar-refractivity contribution in [2.45, 2.75) is 32.9 Å². The van der Waals surface area contributed by atoms with Gasteiger partial charge in [-0.25, -0.2) is 4.79 Å². The van der Waals surface area contributed by atoms with Gasteiger partial charge < -0.3 is 14.8 Å². The van der Waals surface area contributed by atoms with Gasteiger partial charge in [0.05, 0.1) is 0 Å². The summed E-state index contributed by atoms with van der Waals surface area (Å²) in [6.07, 6.45) is 0.795. The average Bonchev–Trinajstić information content (AvgIpc) is 2.65. The fourth-order valence-corrected chi connectivity index (χ4v) is 2.65. The van der Waals surface area contributed by atoms with Crippen LogP contribution in [0.15, 0.2) is 42.5 Å². The number of carbonyl (C=O) groups is 2. The molecule has 0 unspecified atom stereocenters. The highest BCUT2D eigenvalue weighted by Gasteiger charge is 2.16. The summed E-state index contributed by atoms with van der Waals surface area (Å²) in [5.74, 6) is -0.632. The van der Waals surface area contributed by atoms with Gasteiger partial charge in [0, 0.05) is 21.7 Å². The fourth-order valence-electron chi connectivity index (χ4n) is 2.18. The van der Waals surface area contributed by atoms with E-state index < -0.39 is 5.97 Å². The SMILES string of the molecule is CC[C@H](C)NC(=O)COC(=O)c1ccccc1OCc1ccc(Cl)cc1Cl. The van der Waals surface area contributed by atoms with Gasteiger partial charge in [-0.15, -0.1) is 0 Å². The van der Waals surface area contributed by atoms with E-state index in [0.717, 1.165) is 12.0 Å². The zero-order chi connectivity index (χ0) is 19.8. The van der Waals surface area contributed by atoms with Crippen LogP contribution in [0, 0.1) is 0 Å². The number of amides is 1. The molecule has 27 heavy (non-hydrogen) atoms. The molecule has 2 aromatic rings. The summed E-state index contributed by atoms with van der Waals surface area (Å²) < 4.78 is 10.8. The highest BCUT2D eigenvalue weighted by atomic mass is 35.5. The smallest absolute Gasteiger partial charge is 0.342 e. The molecule has 2 aromatic carbocycles. The maximum atomic E-state index is 12.3. The molecule has 1 atom stereocenters. The van der Waals surface area contributed by atoms with Gasteiger partial charge in [0.25, 0.3) is 5.91 Å². The monoisotopic (exact) mass is 409 g/mol. The second kappa shape index (κ2) is 10.2. The normalized spacial score (nSPS) is 11.6. The van der Waals surface area contributed by atoms with E-state index in [4.69, 9.17) is 32.7 Å². The molecule has 0 aromatic heterocycles. The van der Waals surface area contributed by atoms with Crippen molar-refractivity contribution in [1.82, 2.24) is 5.32 Å². The Morgan fingerprint density at radius 2 is 1.89 bits per heavy atom. The zero-order valence-electron chi connectivity index (χ0n) is 15.1. The molecule has 2 rings (SSSR count). The number of hydrogen-bond acceptors (Lipinski definition) is 4. The molecule has 0 aliphatic heterocycles. The first kappa shape index (κ1) is 21.1. The largest absolute Gasteiger partial charge is 0.488 e. The van der Waals surface area contributed by atoms with Gasteiger partial charge in [-0.1, -0.05) is 48.3 Å². The van der Waals surface area contributed by atoms with Crippen molar-refractivity contribution in [3.8, 4) is 5.75 Å². The molecular formula is C20H21Cl2NO4. The Balaban J connectivity index is 1.99. The van der Waals surface area contributed by atoms with Crippen LogP contribution < -0.4 is 10.1 Å². The molecule has 0 fully saturated rings. The molecule has 5 nitrogen and oxygen atoms in total. The van der Waals surface area contributed by atoms with Crippen LogP contribution in [0.25, 0.3) is 0 Å².